The Morgan fingerprint density at radius 1 is 1.12 bits per heavy atom. The van der Waals surface area contributed by atoms with Gasteiger partial charge in [0.2, 0.25) is 0 Å². The van der Waals surface area contributed by atoms with Gasteiger partial charge in [-0.1, -0.05) is 17.2 Å². The number of hydrogen-bond donors (Lipinski definition) is 0. The average molecular weight is 439 g/mol. The Balaban J connectivity index is 1.51. The molecule has 3 aromatic rings. The minimum absolute atomic E-state index is 0.276. The summed E-state index contributed by atoms with van der Waals surface area (Å²) in [6.45, 7) is 10.6. The van der Waals surface area contributed by atoms with Gasteiger partial charge in [-0.3, -0.25) is 0 Å². The number of fused-ring (bicyclic) bond motifs is 2. The van der Waals surface area contributed by atoms with Crippen LogP contribution in [0.1, 0.15) is 47.5 Å². The molecule has 1 aliphatic heterocycles. The Morgan fingerprint density at radius 2 is 1.91 bits per heavy atom. The van der Waals surface area contributed by atoms with E-state index in [-0.39, 0.29) is 12.7 Å². The van der Waals surface area contributed by atoms with Crippen LogP contribution in [0.15, 0.2) is 67.5 Å². The Bertz CT molecular complexity index is 1220. The molecule has 2 atom stereocenters. The van der Waals surface area contributed by atoms with Crippen molar-refractivity contribution >= 4 is 21.9 Å². The van der Waals surface area contributed by atoms with Crippen LogP contribution in [-0.2, 0) is 9.47 Å². The van der Waals surface area contributed by atoms with E-state index in [0.29, 0.717) is 22.3 Å². The highest BCUT2D eigenvalue weighted by Gasteiger charge is 2.42. The van der Waals surface area contributed by atoms with Gasteiger partial charge in [0.05, 0.1) is 22.6 Å². The number of hydrogen-bond acceptors (Lipinski definition) is 6. The highest BCUT2D eigenvalue weighted by Crippen LogP contribution is 2.37. The Labute approximate surface area is 187 Å². The summed E-state index contributed by atoms with van der Waals surface area (Å²) in [5.74, 6) is 0.603. The van der Waals surface area contributed by atoms with E-state index in [9.17, 15) is 4.79 Å². The molecule has 0 radical (unpaired) electrons. The summed E-state index contributed by atoms with van der Waals surface area (Å²) in [5, 5.41) is 1.52. The summed E-state index contributed by atoms with van der Waals surface area (Å²) in [6, 6.07) is 6.64. The molecule has 1 saturated heterocycles. The summed E-state index contributed by atoms with van der Waals surface area (Å²) in [4.78, 5) is 11.7. The van der Waals surface area contributed by atoms with E-state index in [1.807, 2.05) is 26.0 Å². The summed E-state index contributed by atoms with van der Waals surface area (Å²) < 4.78 is 29.4. The maximum atomic E-state index is 11.7. The Kier molecular flexibility index (Phi) is 6.26. The molecule has 2 aromatic heterocycles. The van der Waals surface area contributed by atoms with Crippen molar-refractivity contribution in [3.05, 3.63) is 64.2 Å². The number of benzene rings is 1. The second kappa shape index (κ2) is 8.96. The van der Waals surface area contributed by atoms with Crippen LogP contribution in [0.4, 0.5) is 0 Å². The third-order valence-electron chi connectivity index (χ3n) is 5.69. The van der Waals surface area contributed by atoms with Gasteiger partial charge in [0.25, 0.3) is 0 Å². The van der Waals surface area contributed by atoms with Crippen molar-refractivity contribution < 1.29 is 23.0 Å². The molecule has 0 saturated carbocycles. The van der Waals surface area contributed by atoms with Gasteiger partial charge in [0.15, 0.2) is 6.29 Å². The van der Waals surface area contributed by atoms with Crippen molar-refractivity contribution in [3.8, 4) is 5.75 Å². The van der Waals surface area contributed by atoms with Crippen molar-refractivity contribution in [3.63, 3.8) is 0 Å². The maximum absolute atomic E-state index is 11.7. The zero-order valence-electron chi connectivity index (χ0n) is 19.3. The normalized spacial score (nSPS) is 20.7. The molecule has 6 nitrogen and oxygen atoms in total. The first-order chi connectivity index (χ1) is 15.2. The first-order valence-corrected chi connectivity index (χ1v) is 10.9. The fourth-order valence-corrected chi connectivity index (χ4v) is 3.87. The molecule has 0 aliphatic carbocycles. The first-order valence-electron chi connectivity index (χ1n) is 10.9. The molecule has 170 valence electrons. The standard InChI is InChI=1S/C26H30O6/c1-16(2)7-6-8-17(3)13-24-31-22(26(4,5)32-24)15-29-25-18-9-10-23(27)30-21(18)14-20-19(25)11-12-28-20/h7,9-14,22,24H,6,8,15H2,1-5H3/b17-13+. The largest absolute Gasteiger partial charge is 0.489 e. The quantitative estimate of drug-likeness (QED) is 0.326. The minimum Gasteiger partial charge on any atom is -0.489 e. The van der Waals surface area contributed by atoms with Crippen LogP contribution >= 0.6 is 0 Å². The van der Waals surface area contributed by atoms with Gasteiger partial charge >= 0.3 is 5.63 Å². The highest BCUT2D eigenvalue weighted by molar-refractivity contribution is 6.01. The molecule has 1 aliphatic rings. The number of rotatable bonds is 7. The van der Waals surface area contributed by atoms with E-state index in [1.54, 1.807) is 18.4 Å². The predicted molar refractivity (Wildman–Crippen MR) is 124 cm³/mol. The molecule has 1 fully saturated rings. The molecule has 3 heterocycles. The third kappa shape index (κ3) is 4.81. The van der Waals surface area contributed by atoms with Crippen LogP contribution in [0.3, 0.4) is 0 Å². The lowest BCUT2D eigenvalue weighted by molar-refractivity contribution is -0.0472. The zero-order chi connectivity index (χ0) is 22.9. The molecule has 32 heavy (non-hydrogen) atoms. The van der Waals surface area contributed by atoms with E-state index in [1.165, 1.54) is 17.2 Å². The third-order valence-corrected chi connectivity index (χ3v) is 5.69. The minimum atomic E-state index is -0.520. The van der Waals surface area contributed by atoms with E-state index >= 15 is 0 Å². The van der Waals surface area contributed by atoms with Crippen molar-refractivity contribution in [1.82, 2.24) is 0 Å². The van der Waals surface area contributed by atoms with Crippen molar-refractivity contribution in [1.29, 1.82) is 0 Å². The molecule has 0 bridgehead atoms. The molecule has 4 rings (SSSR count). The van der Waals surface area contributed by atoms with Gasteiger partial charge in [-0.2, -0.15) is 0 Å². The fourth-order valence-electron chi connectivity index (χ4n) is 3.87. The second-order valence-corrected chi connectivity index (χ2v) is 9.06. The van der Waals surface area contributed by atoms with Crippen LogP contribution in [0.5, 0.6) is 5.75 Å². The van der Waals surface area contributed by atoms with E-state index < -0.39 is 17.5 Å². The van der Waals surface area contributed by atoms with Gasteiger partial charge in [0, 0.05) is 12.1 Å². The van der Waals surface area contributed by atoms with Crippen LogP contribution in [0.2, 0.25) is 0 Å². The lowest BCUT2D eigenvalue weighted by Gasteiger charge is -2.23. The van der Waals surface area contributed by atoms with Gasteiger partial charge in [-0.05, 0) is 65.7 Å². The van der Waals surface area contributed by atoms with Crippen molar-refractivity contribution in [2.45, 2.75) is 65.5 Å². The summed E-state index contributed by atoms with van der Waals surface area (Å²) in [5.41, 5.74) is 2.63. The van der Waals surface area contributed by atoms with Crippen LogP contribution < -0.4 is 10.4 Å². The highest BCUT2D eigenvalue weighted by atomic mass is 16.7. The molecule has 6 heteroatoms. The fraction of sp³-hybridized carbons (Fsp3) is 0.423. The van der Waals surface area contributed by atoms with Crippen molar-refractivity contribution in [2.75, 3.05) is 6.61 Å². The summed E-state index contributed by atoms with van der Waals surface area (Å²) >= 11 is 0. The SMILES string of the molecule is CC(C)=CCC/C(C)=C/C1OC(COc2c3ccoc3cc3oc(=O)ccc23)C(C)(C)O1. The van der Waals surface area contributed by atoms with Gasteiger partial charge in [-0.15, -0.1) is 0 Å². The Hall–Kier alpha value is -2.83. The topological polar surface area (TPSA) is 71.0 Å². The average Bonchev–Trinajstić information content (AvgIpc) is 3.27. The first kappa shape index (κ1) is 22.4. The Morgan fingerprint density at radius 3 is 2.69 bits per heavy atom. The maximum Gasteiger partial charge on any atom is 0.336 e. The van der Waals surface area contributed by atoms with Crippen LogP contribution in [-0.4, -0.2) is 24.6 Å². The zero-order valence-corrected chi connectivity index (χ0v) is 19.3. The number of ether oxygens (including phenoxy) is 3. The lowest BCUT2D eigenvalue weighted by atomic mass is 10.0. The lowest BCUT2D eigenvalue weighted by Crippen LogP contribution is -2.37. The predicted octanol–water partition coefficient (Wildman–Crippen LogP) is 6.13. The summed E-state index contributed by atoms with van der Waals surface area (Å²) in [6.07, 6.45) is 7.15. The van der Waals surface area contributed by atoms with Gasteiger partial charge in [0.1, 0.15) is 29.6 Å². The second-order valence-electron chi connectivity index (χ2n) is 9.06. The molecule has 0 amide bonds. The van der Waals surface area contributed by atoms with Crippen LogP contribution in [0.25, 0.3) is 21.9 Å². The van der Waals surface area contributed by atoms with E-state index in [0.717, 1.165) is 18.2 Å². The molecular formula is C26H30O6. The number of allylic oxidation sites excluding steroid dienone is 3. The monoisotopic (exact) mass is 438 g/mol. The molecule has 1 aromatic carbocycles. The molecule has 0 N–H and O–H groups in total. The number of furan rings is 1. The van der Waals surface area contributed by atoms with Crippen LogP contribution in [0, 0.1) is 0 Å². The van der Waals surface area contributed by atoms with Crippen molar-refractivity contribution in [2.24, 2.45) is 0 Å². The van der Waals surface area contributed by atoms with Gasteiger partial charge < -0.3 is 23.0 Å². The van der Waals surface area contributed by atoms with E-state index in [4.69, 9.17) is 23.0 Å². The van der Waals surface area contributed by atoms with Gasteiger partial charge in [-0.25, -0.2) is 4.79 Å². The molecular weight excluding hydrogens is 408 g/mol. The molecule has 2 unspecified atom stereocenters. The smallest absolute Gasteiger partial charge is 0.336 e. The molecule has 0 spiro atoms. The van der Waals surface area contributed by atoms with E-state index in [2.05, 4.69) is 26.8 Å². The summed E-state index contributed by atoms with van der Waals surface area (Å²) in [7, 11) is 0.